The molecule has 1 rings (SSSR count). The van der Waals surface area contributed by atoms with Gasteiger partial charge in [0.1, 0.15) is 5.60 Å². The number of aliphatic hydroxyl groups excluding tert-OH is 1. The molecule has 0 saturated heterocycles. The van der Waals surface area contributed by atoms with E-state index in [4.69, 9.17) is 4.74 Å². The van der Waals surface area contributed by atoms with Gasteiger partial charge >= 0.3 is 5.97 Å². The highest BCUT2D eigenvalue weighted by Gasteiger charge is 2.25. The Morgan fingerprint density at radius 1 is 1.29 bits per heavy atom. The summed E-state index contributed by atoms with van der Waals surface area (Å²) in [7, 11) is 0. The molecule has 0 saturated carbocycles. The van der Waals surface area contributed by atoms with E-state index in [9.17, 15) is 9.90 Å². The Morgan fingerprint density at radius 3 is 2.33 bits per heavy atom. The van der Waals surface area contributed by atoms with Crippen LogP contribution in [-0.2, 0) is 16.0 Å². The average molecular weight is 404 g/mol. The Morgan fingerprint density at radius 2 is 1.86 bits per heavy atom. The van der Waals surface area contributed by atoms with E-state index < -0.39 is 11.7 Å². The Bertz CT molecular complexity index is 448. The molecule has 0 fully saturated rings. The van der Waals surface area contributed by atoms with Crippen molar-refractivity contribution in [3.8, 4) is 0 Å². The summed E-state index contributed by atoms with van der Waals surface area (Å²) < 4.78 is 6.55. The molecule has 1 aromatic carbocycles. The first-order valence-corrected chi connectivity index (χ1v) is 8.43. The third-order valence-electron chi connectivity index (χ3n) is 3.22. The largest absolute Gasteiger partial charge is 0.460 e. The first kappa shape index (κ1) is 18.4. The Labute approximate surface area is 141 Å². The van der Waals surface area contributed by atoms with Crippen molar-refractivity contribution in [1.82, 2.24) is 0 Å². The highest BCUT2D eigenvalue weighted by molar-refractivity contribution is 14.1. The molecule has 0 bridgehead atoms. The molecule has 118 valence electrons. The first-order chi connectivity index (χ1) is 9.71. The summed E-state index contributed by atoms with van der Waals surface area (Å²) in [5.41, 5.74) is 0.651. The molecule has 0 heterocycles. The molecule has 1 N–H and O–H groups in total. The summed E-state index contributed by atoms with van der Waals surface area (Å²) in [4.78, 5) is 12.0. The van der Waals surface area contributed by atoms with Crippen LogP contribution in [0.25, 0.3) is 0 Å². The molecule has 4 heteroatoms. The Hall–Kier alpha value is -0.620. The average Bonchev–Trinajstić information content (AvgIpc) is 2.37. The van der Waals surface area contributed by atoms with Crippen molar-refractivity contribution in [1.29, 1.82) is 0 Å². The minimum absolute atomic E-state index is 0.107. The quantitative estimate of drug-likeness (QED) is 0.577. The number of ether oxygens (including phenoxy) is 1. The van der Waals surface area contributed by atoms with Crippen LogP contribution in [0.15, 0.2) is 24.3 Å². The SMILES string of the molecule is CC[C@H](O)[C@@H](CC(=O)OC(C)(C)C)Cc1ccc(I)cc1. The fraction of sp³-hybridized carbons (Fsp3) is 0.588. The summed E-state index contributed by atoms with van der Waals surface area (Å²) in [6, 6.07) is 8.18. The van der Waals surface area contributed by atoms with Gasteiger partial charge in [0.25, 0.3) is 0 Å². The summed E-state index contributed by atoms with van der Waals surface area (Å²) >= 11 is 2.26. The van der Waals surface area contributed by atoms with Crippen molar-refractivity contribution in [3.05, 3.63) is 33.4 Å². The van der Waals surface area contributed by atoms with Crippen LogP contribution in [0.5, 0.6) is 0 Å². The Kier molecular flexibility index (Phi) is 7.13. The van der Waals surface area contributed by atoms with E-state index in [0.717, 1.165) is 5.56 Å². The van der Waals surface area contributed by atoms with Gasteiger partial charge in [0.15, 0.2) is 0 Å². The van der Waals surface area contributed by atoms with Gasteiger partial charge in [0, 0.05) is 3.57 Å². The van der Waals surface area contributed by atoms with E-state index in [1.807, 2.05) is 52.0 Å². The lowest BCUT2D eigenvalue weighted by Crippen LogP contribution is -2.29. The Balaban J connectivity index is 2.72. The number of rotatable bonds is 6. The van der Waals surface area contributed by atoms with Gasteiger partial charge in [-0.2, -0.15) is 0 Å². The molecule has 21 heavy (non-hydrogen) atoms. The van der Waals surface area contributed by atoms with Gasteiger partial charge in [0.2, 0.25) is 0 Å². The standard InChI is InChI=1S/C17H25IO3/c1-5-15(19)13(11-16(20)21-17(2,3)4)10-12-6-8-14(18)9-7-12/h6-9,13,15,19H,5,10-11H2,1-4H3/t13-,15+/m1/s1. The molecule has 2 atom stereocenters. The predicted octanol–water partition coefficient (Wildman–Crippen LogP) is 3.95. The molecule has 0 amide bonds. The molecule has 0 spiro atoms. The molecule has 1 aromatic rings. The van der Waals surface area contributed by atoms with Crippen molar-refractivity contribution in [3.63, 3.8) is 0 Å². The van der Waals surface area contributed by atoms with Crippen LogP contribution in [0, 0.1) is 9.49 Å². The van der Waals surface area contributed by atoms with Gasteiger partial charge in [-0.05, 0) is 79.8 Å². The zero-order valence-corrected chi connectivity index (χ0v) is 15.4. The lowest BCUT2D eigenvalue weighted by Gasteiger charge is -2.25. The second-order valence-electron chi connectivity index (χ2n) is 6.36. The van der Waals surface area contributed by atoms with Gasteiger partial charge in [-0.3, -0.25) is 4.79 Å². The topological polar surface area (TPSA) is 46.5 Å². The van der Waals surface area contributed by atoms with Crippen molar-refractivity contribution >= 4 is 28.6 Å². The second-order valence-corrected chi connectivity index (χ2v) is 7.60. The number of carbonyl (C=O) groups is 1. The number of aliphatic hydroxyl groups is 1. The van der Waals surface area contributed by atoms with Gasteiger partial charge < -0.3 is 9.84 Å². The maximum atomic E-state index is 12.0. The highest BCUT2D eigenvalue weighted by atomic mass is 127. The highest BCUT2D eigenvalue weighted by Crippen LogP contribution is 2.21. The monoisotopic (exact) mass is 404 g/mol. The molecular formula is C17H25IO3. The van der Waals surface area contributed by atoms with Crippen molar-refractivity contribution in [2.24, 2.45) is 5.92 Å². The normalized spacial score (nSPS) is 14.6. The smallest absolute Gasteiger partial charge is 0.306 e. The zero-order chi connectivity index (χ0) is 16.0. The molecule has 3 nitrogen and oxygen atoms in total. The predicted molar refractivity (Wildman–Crippen MR) is 93.1 cm³/mol. The van der Waals surface area contributed by atoms with Crippen molar-refractivity contribution < 1.29 is 14.6 Å². The fourth-order valence-corrected chi connectivity index (χ4v) is 2.56. The zero-order valence-electron chi connectivity index (χ0n) is 13.2. The van der Waals surface area contributed by atoms with E-state index in [-0.39, 0.29) is 18.3 Å². The van der Waals surface area contributed by atoms with Crippen LogP contribution in [0.4, 0.5) is 0 Å². The number of esters is 1. The van der Waals surface area contributed by atoms with E-state index in [0.29, 0.717) is 12.8 Å². The van der Waals surface area contributed by atoms with Crippen LogP contribution >= 0.6 is 22.6 Å². The maximum absolute atomic E-state index is 12.0. The first-order valence-electron chi connectivity index (χ1n) is 7.35. The third kappa shape index (κ3) is 7.27. The number of halogens is 1. The van der Waals surface area contributed by atoms with Crippen molar-refractivity contribution in [2.75, 3.05) is 0 Å². The lowest BCUT2D eigenvalue weighted by atomic mass is 9.90. The van der Waals surface area contributed by atoms with Crippen LogP contribution < -0.4 is 0 Å². The molecular weight excluding hydrogens is 379 g/mol. The van der Waals surface area contributed by atoms with Crippen molar-refractivity contribution in [2.45, 2.75) is 58.7 Å². The molecule has 0 aromatic heterocycles. The number of carbonyl (C=O) groups excluding carboxylic acids is 1. The molecule has 0 radical (unpaired) electrons. The summed E-state index contributed by atoms with van der Waals surface area (Å²) in [6.45, 7) is 7.50. The van der Waals surface area contributed by atoms with Gasteiger partial charge in [0.05, 0.1) is 12.5 Å². The van der Waals surface area contributed by atoms with Crippen LogP contribution in [0.3, 0.4) is 0 Å². The maximum Gasteiger partial charge on any atom is 0.306 e. The summed E-state index contributed by atoms with van der Waals surface area (Å²) in [6.07, 6.45) is 1.08. The van der Waals surface area contributed by atoms with Crippen LogP contribution in [0.1, 0.15) is 46.1 Å². The van der Waals surface area contributed by atoms with Gasteiger partial charge in [-0.15, -0.1) is 0 Å². The van der Waals surface area contributed by atoms with Crippen LogP contribution in [-0.4, -0.2) is 22.8 Å². The molecule has 0 aliphatic heterocycles. The van der Waals surface area contributed by atoms with Gasteiger partial charge in [-0.25, -0.2) is 0 Å². The number of benzene rings is 1. The fourth-order valence-electron chi connectivity index (χ4n) is 2.20. The lowest BCUT2D eigenvalue weighted by molar-refractivity contribution is -0.157. The second kappa shape index (κ2) is 8.13. The summed E-state index contributed by atoms with van der Waals surface area (Å²) in [5, 5.41) is 10.2. The minimum atomic E-state index is -0.489. The minimum Gasteiger partial charge on any atom is -0.460 e. The van der Waals surface area contributed by atoms with Gasteiger partial charge in [-0.1, -0.05) is 19.1 Å². The third-order valence-corrected chi connectivity index (χ3v) is 3.94. The molecule has 0 unspecified atom stereocenters. The molecule has 0 aliphatic rings. The van der Waals surface area contributed by atoms with E-state index in [1.165, 1.54) is 3.57 Å². The van der Waals surface area contributed by atoms with E-state index in [2.05, 4.69) is 22.6 Å². The summed E-state index contributed by atoms with van der Waals surface area (Å²) in [5.74, 6) is -0.351. The number of hydrogen-bond acceptors (Lipinski definition) is 3. The van der Waals surface area contributed by atoms with E-state index >= 15 is 0 Å². The van der Waals surface area contributed by atoms with Crippen LogP contribution in [0.2, 0.25) is 0 Å². The van der Waals surface area contributed by atoms with E-state index in [1.54, 1.807) is 0 Å². The number of hydrogen-bond donors (Lipinski definition) is 1. The molecule has 0 aliphatic carbocycles.